The van der Waals surface area contributed by atoms with Crippen LogP contribution in [0.2, 0.25) is 5.02 Å². The molecule has 2 rings (SSSR count). The van der Waals surface area contributed by atoms with Crippen LogP contribution in [0.3, 0.4) is 0 Å². The van der Waals surface area contributed by atoms with Gasteiger partial charge in [0.25, 0.3) is 0 Å². The largest absolute Gasteiger partial charge is 0.454 e. The number of amides is 2. The Morgan fingerprint density at radius 3 is 2.26 bits per heavy atom. The van der Waals surface area contributed by atoms with Crippen molar-refractivity contribution in [3.63, 3.8) is 0 Å². The fraction of sp³-hybridized carbons (Fsp3) is 0.211. The lowest BCUT2D eigenvalue weighted by molar-refractivity contribution is -0.146. The van der Waals surface area contributed by atoms with Gasteiger partial charge in [0.05, 0.1) is 12.5 Å². The third kappa shape index (κ3) is 6.07. The second kappa shape index (κ2) is 9.14. The predicted molar refractivity (Wildman–Crippen MR) is 97.8 cm³/mol. The SMILES string of the molecule is C[C@H](OC(=O)C[C@H](NC(N)=O)c1ccc(Cl)cc1)C(=O)c1ccc(F)cc1. The summed E-state index contributed by atoms with van der Waals surface area (Å²) >= 11 is 5.83. The van der Waals surface area contributed by atoms with E-state index in [0.29, 0.717) is 10.6 Å². The molecule has 0 aromatic heterocycles. The molecule has 0 bridgehead atoms. The van der Waals surface area contributed by atoms with Gasteiger partial charge in [0.15, 0.2) is 6.10 Å². The highest BCUT2D eigenvalue weighted by Gasteiger charge is 2.23. The van der Waals surface area contributed by atoms with Gasteiger partial charge in [-0.05, 0) is 48.9 Å². The summed E-state index contributed by atoms with van der Waals surface area (Å²) in [7, 11) is 0. The van der Waals surface area contributed by atoms with Crippen molar-refractivity contribution in [3.05, 3.63) is 70.5 Å². The summed E-state index contributed by atoms with van der Waals surface area (Å²) in [6.07, 6.45) is -1.30. The van der Waals surface area contributed by atoms with Crippen LogP contribution in [-0.2, 0) is 9.53 Å². The van der Waals surface area contributed by atoms with Gasteiger partial charge in [-0.25, -0.2) is 9.18 Å². The zero-order valence-corrected chi connectivity index (χ0v) is 15.2. The summed E-state index contributed by atoms with van der Waals surface area (Å²) in [6, 6.07) is 9.88. The highest BCUT2D eigenvalue weighted by Crippen LogP contribution is 2.20. The number of ether oxygens (including phenoxy) is 1. The van der Waals surface area contributed by atoms with E-state index in [9.17, 15) is 18.8 Å². The number of esters is 1. The molecule has 0 aliphatic rings. The van der Waals surface area contributed by atoms with E-state index in [1.807, 2.05) is 0 Å². The standard InChI is InChI=1S/C19H18ClFN2O4/c1-11(18(25)13-4-8-15(21)9-5-13)27-17(24)10-16(23-19(22)26)12-2-6-14(20)7-3-12/h2-9,11,16H,10H2,1H3,(H3,22,23,26)/t11-,16-/m0/s1. The van der Waals surface area contributed by atoms with Crippen LogP contribution in [0.1, 0.15) is 35.3 Å². The Balaban J connectivity index is 2.03. The molecule has 0 saturated heterocycles. The lowest BCUT2D eigenvalue weighted by Crippen LogP contribution is -2.35. The highest BCUT2D eigenvalue weighted by molar-refractivity contribution is 6.30. The second-order valence-electron chi connectivity index (χ2n) is 5.82. The van der Waals surface area contributed by atoms with E-state index in [1.54, 1.807) is 24.3 Å². The number of nitrogens with one attached hydrogen (secondary N) is 1. The van der Waals surface area contributed by atoms with Crippen molar-refractivity contribution in [1.29, 1.82) is 0 Å². The third-order valence-corrected chi connectivity index (χ3v) is 4.02. The molecular formula is C19H18ClFN2O4. The van der Waals surface area contributed by atoms with Crippen molar-refractivity contribution in [2.75, 3.05) is 0 Å². The van der Waals surface area contributed by atoms with Gasteiger partial charge in [-0.15, -0.1) is 0 Å². The smallest absolute Gasteiger partial charge is 0.312 e. The molecule has 27 heavy (non-hydrogen) atoms. The Hall–Kier alpha value is -2.93. The van der Waals surface area contributed by atoms with E-state index < -0.39 is 35.7 Å². The summed E-state index contributed by atoms with van der Waals surface area (Å²) in [4.78, 5) is 35.7. The summed E-state index contributed by atoms with van der Waals surface area (Å²) in [5, 5.41) is 2.95. The Bertz CT molecular complexity index is 825. The number of halogens is 2. The molecule has 0 heterocycles. The normalized spacial score (nSPS) is 12.7. The average Bonchev–Trinajstić information content (AvgIpc) is 2.61. The zero-order valence-electron chi connectivity index (χ0n) is 14.4. The lowest BCUT2D eigenvalue weighted by atomic mass is 10.0. The van der Waals surface area contributed by atoms with Crippen molar-refractivity contribution in [2.24, 2.45) is 5.73 Å². The maximum Gasteiger partial charge on any atom is 0.312 e. The maximum atomic E-state index is 12.9. The van der Waals surface area contributed by atoms with E-state index in [1.165, 1.54) is 19.1 Å². The molecule has 8 heteroatoms. The molecule has 2 aromatic rings. The summed E-state index contributed by atoms with van der Waals surface area (Å²) in [6.45, 7) is 1.42. The number of nitrogens with two attached hydrogens (primary N) is 1. The maximum absolute atomic E-state index is 12.9. The van der Waals surface area contributed by atoms with Gasteiger partial charge in [0.1, 0.15) is 5.82 Å². The zero-order chi connectivity index (χ0) is 20.0. The van der Waals surface area contributed by atoms with Crippen molar-refractivity contribution in [3.8, 4) is 0 Å². The lowest BCUT2D eigenvalue weighted by Gasteiger charge is -2.19. The van der Waals surface area contributed by atoms with Crippen molar-refractivity contribution in [2.45, 2.75) is 25.5 Å². The first-order valence-corrected chi connectivity index (χ1v) is 8.44. The molecular weight excluding hydrogens is 375 g/mol. The minimum Gasteiger partial charge on any atom is -0.454 e. The number of ketones is 1. The third-order valence-electron chi connectivity index (χ3n) is 3.77. The van der Waals surface area contributed by atoms with Gasteiger partial charge < -0.3 is 15.8 Å². The Morgan fingerprint density at radius 1 is 1.11 bits per heavy atom. The first kappa shape index (κ1) is 20.4. The molecule has 0 aliphatic heterocycles. The molecule has 142 valence electrons. The van der Waals surface area contributed by atoms with Crippen LogP contribution in [0.5, 0.6) is 0 Å². The Labute approximate surface area is 160 Å². The quantitative estimate of drug-likeness (QED) is 0.557. The summed E-state index contributed by atoms with van der Waals surface area (Å²) < 4.78 is 18.1. The van der Waals surface area contributed by atoms with E-state index in [-0.39, 0.29) is 12.0 Å². The van der Waals surface area contributed by atoms with Crippen LogP contribution in [0.15, 0.2) is 48.5 Å². The number of hydrogen-bond acceptors (Lipinski definition) is 4. The van der Waals surface area contributed by atoms with Crippen LogP contribution >= 0.6 is 11.6 Å². The molecule has 2 amide bonds. The number of urea groups is 1. The van der Waals surface area contributed by atoms with Gasteiger partial charge in [-0.3, -0.25) is 9.59 Å². The van der Waals surface area contributed by atoms with E-state index in [4.69, 9.17) is 22.1 Å². The number of carbonyl (C=O) groups is 3. The topological polar surface area (TPSA) is 98.5 Å². The van der Waals surface area contributed by atoms with Gasteiger partial charge in [-0.2, -0.15) is 0 Å². The molecule has 0 unspecified atom stereocenters. The fourth-order valence-electron chi connectivity index (χ4n) is 2.43. The first-order chi connectivity index (χ1) is 12.8. The first-order valence-electron chi connectivity index (χ1n) is 8.07. The van der Waals surface area contributed by atoms with Gasteiger partial charge >= 0.3 is 12.0 Å². The van der Waals surface area contributed by atoms with Crippen LogP contribution in [0.25, 0.3) is 0 Å². The number of carbonyl (C=O) groups excluding carboxylic acids is 3. The van der Waals surface area contributed by atoms with Gasteiger partial charge in [-0.1, -0.05) is 23.7 Å². The molecule has 2 aromatic carbocycles. The number of benzene rings is 2. The second-order valence-corrected chi connectivity index (χ2v) is 6.26. The molecule has 0 radical (unpaired) electrons. The average molecular weight is 393 g/mol. The minimum atomic E-state index is -1.07. The molecule has 0 aliphatic carbocycles. The number of rotatable bonds is 7. The molecule has 2 atom stereocenters. The van der Waals surface area contributed by atoms with Crippen LogP contribution in [0, 0.1) is 5.82 Å². The molecule has 3 N–H and O–H groups in total. The Kier molecular flexibility index (Phi) is 6.90. The number of primary amides is 1. The monoisotopic (exact) mass is 392 g/mol. The fourth-order valence-corrected chi connectivity index (χ4v) is 2.56. The van der Waals surface area contributed by atoms with Gasteiger partial charge in [0, 0.05) is 10.6 Å². The van der Waals surface area contributed by atoms with Crippen molar-refractivity contribution < 1.29 is 23.5 Å². The minimum absolute atomic E-state index is 0.223. The van der Waals surface area contributed by atoms with Crippen LogP contribution in [-0.4, -0.2) is 23.9 Å². The van der Waals surface area contributed by atoms with E-state index in [2.05, 4.69) is 5.32 Å². The Morgan fingerprint density at radius 2 is 1.70 bits per heavy atom. The molecule has 6 nitrogen and oxygen atoms in total. The van der Waals surface area contributed by atoms with Crippen molar-refractivity contribution >= 4 is 29.4 Å². The summed E-state index contributed by atoms with van der Waals surface area (Å²) in [5.41, 5.74) is 5.99. The number of Topliss-reactive ketones (excluding diaryl/α,β-unsaturated/α-hetero) is 1. The van der Waals surface area contributed by atoms with Crippen LogP contribution < -0.4 is 11.1 Å². The number of hydrogen-bond donors (Lipinski definition) is 2. The van der Waals surface area contributed by atoms with Gasteiger partial charge in [0.2, 0.25) is 5.78 Å². The van der Waals surface area contributed by atoms with Crippen molar-refractivity contribution in [1.82, 2.24) is 5.32 Å². The predicted octanol–water partition coefficient (Wildman–Crippen LogP) is 3.39. The van der Waals surface area contributed by atoms with E-state index in [0.717, 1.165) is 12.1 Å². The molecule has 0 fully saturated rings. The molecule has 0 spiro atoms. The van der Waals surface area contributed by atoms with Crippen LogP contribution in [0.4, 0.5) is 9.18 Å². The molecule has 0 saturated carbocycles. The van der Waals surface area contributed by atoms with E-state index >= 15 is 0 Å². The summed E-state index contributed by atoms with van der Waals surface area (Å²) in [5.74, 6) is -1.64. The highest BCUT2D eigenvalue weighted by atomic mass is 35.5.